The largest absolute Gasteiger partial charge is 0.383 e. The zero-order valence-corrected chi connectivity index (χ0v) is 10.8. The van der Waals surface area contributed by atoms with Crippen molar-refractivity contribution >= 4 is 5.78 Å². The van der Waals surface area contributed by atoms with Gasteiger partial charge in [0.25, 0.3) is 0 Å². The second-order valence-electron chi connectivity index (χ2n) is 4.37. The summed E-state index contributed by atoms with van der Waals surface area (Å²) in [4.78, 5) is 11.8. The van der Waals surface area contributed by atoms with Crippen LogP contribution in [-0.4, -0.2) is 32.6 Å². The van der Waals surface area contributed by atoms with Crippen molar-refractivity contribution in [3.05, 3.63) is 35.4 Å². The highest BCUT2D eigenvalue weighted by molar-refractivity contribution is 5.97. The summed E-state index contributed by atoms with van der Waals surface area (Å²) >= 11 is 0. The number of carbonyl (C=O) groups is 1. The van der Waals surface area contributed by atoms with Gasteiger partial charge in [0.15, 0.2) is 5.78 Å². The molecule has 1 aromatic carbocycles. The van der Waals surface area contributed by atoms with Crippen molar-refractivity contribution in [3.63, 3.8) is 0 Å². The molecule has 0 atom stereocenters. The van der Waals surface area contributed by atoms with Crippen molar-refractivity contribution in [3.8, 4) is 0 Å². The van der Waals surface area contributed by atoms with Crippen LogP contribution in [0.3, 0.4) is 0 Å². The summed E-state index contributed by atoms with van der Waals surface area (Å²) in [6, 6.07) is 7.84. The van der Waals surface area contributed by atoms with Gasteiger partial charge in [-0.2, -0.15) is 0 Å². The first-order chi connectivity index (χ1) is 8.15. The van der Waals surface area contributed by atoms with Crippen molar-refractivity contribution in [2.24, 2.45) is 0 Å². The summed E-state index contributed by atoms with van der Waals surface area (Å²) in [6.07, 6.45) is 0. The molecule has 0 aliphatic carbocycles. The first-order valence-corrected chi connectivity index (χ1v) is 5.98. The SMILES string of the molecule is COCCNCC(=O)c1ccc(C(C)C)cc1. The van der Waals surface area contributed by atoms with Crippen LogP contribution in [0.15, 0.2) is 24.3 Å². The summed E-state index contributed by atoms with van der Waals surface area (Å²) in [5.74, 6) is 0.621. The molecule has 94 valence electrons. The highest BCUT2D eigenvalue weighted by atomic mass is 16.5. The minimum atomic E-state index is 0.122. The Morgan fingerprint density at radius 2 is 1.94 bits per heavy atom. The Bertz CT molecular complexity index is 344. The van der Waals surface area contributed by atoms with Crippen LogP contribution < -0.4 is 5.32 Å². The van der Waals surface area contributed by atoms with E-state index in [2.05, 4.69) is 19.2 Å². The molecule has 0 aromatic heterocycles. The minimum Gasteiger partial charge on any atom is -0.383 e. The van der Waals surface area contributed by atoms with Crippen LogP contribution in [0, 0.1) is 0 Å². The maximum absolute atomic E-state index is 11.8. The molecule has 0 heterocycles. The van der Waals surface area contributed by atoms with Gasteiger partial charge in [0.05, 0.1) is 13.2 Å². The van der Waals surface area contributed by atoms with Crippen LogP contribution in [0.5, 0.6) is 0 Å². The normalized spacial score (nSPS) is 10.8. The number of rotatable bonds is 7. The van der Waals surface area contributed by atoms with E-state index in [9.17, 15) is 4.79 Å². The van der Waals surface area contributed by atoms with Gasteiger partial charge in [0.1, 0.15) is 0 Å². The summed E-state index contributed by atoms with van der Waals surface area (Å²) in [5.41, 5.74) is 2.02. The van der Waals surface area contributed by atoms with Crippen LogP contribution in [0.4, 0.5) is 0 Å². The second kappa shape index (κ2) is 7.20. The zero-order chi connectivity index (χ0) is 12.7. The molecule has 0 bridgehead atoms. The zero-order valence-electron chi connectivity index (χ0n) is 10.8. The van der Waals surface area contributed by atoms with Gasteiger partial charge in [-0.3, -0.25) is 4.79 Å². The molecule has 0 aliphatic rings. The Kier molecular flexibility index (Phi) is 5.87. The number of hydrogen-bond donors (Lipinski definition) is 1. The maximum atomic E-state index is 11.8. The number of ether oxygens (including phenoxy) is 1. The molecule has 0 spiro atoms. The molecule has 0 fully saturated rings. The van der Waals surface area contributed by atoms with E-state index in [-0.39, 0.29) is 5.78 Å². The van der Waals surface area contributed by atoms with Crippen LogP contribution in [0.2, 0.25) is 0 Å². The summed E-state index contributed by atoms with van der Waals surface area (Å²) < 4.78 is 4.90. The number of ketones is 1. The van der Waals surface area contributed by atoms with Gasteiger partial charge in [-0.05, 0) is 11.5 Å². The van der Waals surface area contributed by atoms with Gasteiger partial charge in [0.2, 0.25) is 0 Å². The van der Waals surface area contributed by atoms with E-state index in [0.717, 1.165) is 5.56 Å². The number of benzene rings is 1. The third kappa shape index (κ3) is 4.67. The number of nitrogens with one attached hydrogen (secondary N) is 1. The fourth-order valence-corrected chi connectivity index (χ4v) is 1.53. The predicted octanol–water partition coefficient (Wildman–Crippen LogP) is 2.23. The average Bonchev–Trinajstić information content (AvgIpc) is 2.34. The van der Waals surface area contributed by atoms with Gasteiger partial charge in [-0.1, -0.05) is 38.1 Å². The highest BCUT2D eigenvalue weighted by Gasteiger charge is 2.05. The number of Topliss-reactive ketones (excluding diaryl/α,β-unsaturated/α-hetero) is 1. The van der Waals surface area contributed by atoms with E-state index < -0.39 is 0 Å². The highest BCUT2D eigenvalue weighted by Crippen LogP contribution is 2.14. The first-order valence-electron chi connectivity index (χ1n) is 5.98. The number of methoxy groups -OCH3 is 1. The Hall–Kier alpha value is -1.19. The van der Waals surface area contributed by atoms with Crippen molar-refractivity contribution < 1.29 is 9.53 Å². The Labute approximate surface area is 103 Å². The van der Waals surface area contributed by atoms with Crippen LogP contribution >= 0.6 is 0 Å². The quantitative estimate of drug-likeness (QED) is 0.582. The molecule has 1 N–H and O–H groups in total. The van der Waals surface area contributed by atoms with Gasteiger partial charge >= 0.3 is 0 Å². The van der Waals surface area contributed by atoms with Crippen molar-refractivity contribution in [2.75, 3.05) is 26.8 Å². The van der Waals surface area contributed by atoms with Crippen LogP contribution in [0.25, 0.3) is 0 Å². The maximum Gasteiger partial charge on any atom is 0.176 e. The lowest BCUT2D eigenvalue weighted by Crippen LogP contribution is -2.26. The van der Waals surface area contributed by atoms with E-state index in [1.165, 1.54) is 5.56 Å². The third-order valence-electron chi connectivity index (χ3n) is 2.67. The van der Waals surface area contributed by atoms with Gasteiger partial charge in [0, 0.05) is 19.2 Å². The molecule has 0 saturated carbocycles. The van der Waals surface area contributed by atoms with E-state index >= 15 is 0 Å². The molecule has 17 heavy (non-hydrogen) atoms. The molecule has 1 aromatic rings. The first kappa shape index (κ1) is 13.9. The topological polar surface area (TPSA) is 38.3 Å². The van der Waals surface area contributed by atoms with Crippen LogP contribution in [0.1, 0.15) is 35.7 Å². The molecule has 3 nitrogen and oxygen atoms in total. The minimum absolute atomic E-state index is 0.122. The van der Waals surface area contributed by atoms with Gasteiger partial charge in [-0.15, -0.1) is 0 Å². The average molecular weight is 235 g/mol. The Morgan fingerprint density at radius 1 is 1.29 bits per heavy atom. The lowest BCUT2D eigenvalue weighted by atomic mass is 10.0. The molecule has 0 amide bonds. The van der Waals surface area contributed by atoms with Crippen molar-refractivity contribution in [1.29, 1.82) is 0 Å². The molecule has 0 radical (unpaired) electrons. The summed E-state index contributed by atoms with van der Waals surface area (Å²) in [5, 5.41) is 3.05. The molecule has 3 heteroatoms. The molecule has 0 aliphatic heterocycles. The molecular formula is C14H21NO2. The molecule has 0 saturated heterocycles. The van der Waals surface area contributed by atoms with E-state index in [1.807, 2.05) is 24.3 Å². The Balaban J connectivity index is 2.46. The van der Waals surface area contributed by atoms with E-state index in [0.29, 0.717) is 25.6 Å². The second-order valence-corrected chi connectivity index (χ2v) is 4.37. The fraction of sp³-hybridized carbons (Fsp3) is 0.500. The third-order valence-corrected chi connectivity index (χ3v) is 2.67. The smallest absolute Gasteiger partial charge is 0.176 e. The van der Waals surface area contributed by atoms with E-state index in [1.54, 1.807) is 7.11 Å². The molecule has 1 rings (SSSR count). The van der Waals surface area contributed by atoms with Crippen LogP contribution in [-0.2, 0) is 4.74 Å². The monoisotopic (exact) mass is 235 g/mol. The fourth-order valence-electron chi connectivity index (χ4n) is 1.53. The number of carbonyl (C=O) groups excluding carboxylic acids is 1. The summed E-state index contributed by atoms with van der Waals surface area (Å²) in [6.45, 7) is 5.97. The lowest BCUT2D eigenvalue weighted by molar-refractivity contribution is 0.0987. The molecular weight excluding hydrogens is 214 g/mol. The number of hydrogen-bond acceptors (Lipinski definition) is 3. The van der Waals surface area contributed by atoms with Crippen molar-refractivity contribution in [2.45, 2.75) is 19.8 Å². The van der Waals surface area contributed by atoms with Gasteiger partial charge < -0.3 is 10.1 Å². The van der Waals surface area contributed by atoms with Gasteiger partial charge in [-0.25, -0.2) is 0 Å². The van der Waals surface area contributed by atoms with E-state index in [4.69, 9.17) is 4.74 Å². The Morgan fingerprint density at radius 3 is 2.47 bits per heavy atom. The lowest BCUT2D eigenvalue weighted by Gasteiger charge is -2.07. The van der Waals surface area contributed by atoms with Crippen molar-refractivity contribution in [1.82, 2.24) is 5.32 Å². The predicted molar refractivity (Wildman–Crippen MR) is 69.6 cm³/mol. The summed E-state index contributed by atoms with van der Waals surface area (Å²) in [7, 11) is 1.65. The molecule has 0 unspecified atom stereocenters. The standard InChI is InChI=1S/C14H21NO2/c1-11(2)12-4-6-13(7-5-12)14(16)10-15-8-9-17-3/h4-7,11,15H,8-10H2,1-3H3.